The summed E-state index contributed by atoms with van der Waals surface area (Å²) in [6.45, 7) is 1.78. The lowest BCUT2D eigenvalue weighted by Gasteiger charge is -2.10. The monoisotopic (exact) mass is 286 g/mol. The first-order valence-corrected chi connectivity index (χ1v) is 6.86. The van der Waals surface area contributed by atoms with Crippen molar-refractivity contribution in [2.24, 2.45) is 0 Å². The first-order chi connectivity index (χ1) is 10.2. The van der Waals surface area contributed by atoms with Crippen molar-refractivity contribution in [1.29, 1.82) is 0 Å². The van der Waals surface area contributed by atoms with Gasteiger partial charge in [-0.3, -0.25) is 0 Å². The number of pyridine rings is 1. The Morgan fingerprint density at radius 3 is 2.67 bits per heavy atom. The van der Waals surface area contributed by atoms with Crippen LogP contribution in [0.25, 0.3) is 11.1 Å². The molecular weight excluding hydrogens is 268 g/mol. The maximum Gasteiger partial charge on any atom is 0.231 e. The normalized spacial score (nSPS) is 12.7. The van der Waals surface area contributed by atoms with Gasteiger partial charge < -0.3 is 19.1 Å². The van der Waals surface area contributed by atoms with Crippen molar-refractivity contribution in [2.75, 3.05) is 34.0 Å². The second-order valence-corrected chi connectivity index (χ2v) is 5.10. The van der Waals surface area contributed by atoms with Gasteiger partial charge in [0.05, 0.1) is 0 Å². The maximum atomic E-state index is 5.58. The zero-order chi connectivity index (χ0) is 14.7. The zero-order valence-corrected chi connectivity index (χ0v) is 12.2. The zero-order valence-electron chi connectivity index (χ0n) is 12.2. The molecule has 0 fully saturated rings. The van der Waals surface area contributed by atoms with Crippen LogP contribution in [0.2, 0.25) is 0 Å². The molecule has 21 heavy (non-hydrogen) atoms. The van der Waals surface area contributed by atoms with Gasteiger partial charge in [-0.05, 0) is 37.9 Å². The van der Waals surface area contributed by atoms with E-state index in [2.05, 4.69) is 9.88 Å². The number of hydrogen-bond acceptors (Lipinski definition) is 5. The molecule has 0 atom stereocenters. The highest BCUT2D eigenvalue weighted by atomic mass is 16.7. The van der Waals surface area contributed by atoms with E-state index in [4.69, 9.17) is 14.2 Å². The summed E-state index contributed by atoms with van der Waals surface area (Å²) in [6.07, 6.45) is 1.81. The predicted molar refractivity (Wildman–Crippen MR) is 79.8 cm³/mol. The number of likely N-dealkylation sites (N-methyl/N-ethyl adjacent to an activating group) is 1. The second kappa shape index (κ2) is 6.01. The van der Waals surface area contributed by atoms with Gasteiger partial charge in [0.1, 0.15) is 6.61 Å². The number of ether oxygens (including phenoxy) is 3. The van der Waals surface area contributed by atoms with Crippen molar-refractivity contribution < 1.29 is 14.2 Å². The van der Waals surface area contributed by atoms with E-state index in [0.29, 0.717) is 12.5 Å². The predicted octanol–water partition coefficient (Wildman–Crippen LogP) is 2.42. The third kappa shape index (κ3) is 3.25. The summed E-state index contributed by atoms with van der Waals surface area (Å²) < 4.78 is 16.3. The van der Waals surface area contributed by atoms with Crippen molar-refractivity contribution in [3.8, 4) is 28.5 Å². The third-order valence-electron chi connectivity index (χ3n) is 3.23. The number of hydrogen-bond donors (Lipinski definition) is 0. The molecule has 1 aromatic heterocycles. The number of rotatable bonds is 5. The summed E-state index contributed by atoms with van der Waals surface area (Å²) in [5.74, 6) is 2.20. The minimum Gasteiger partial charge on any atom is -0.476 e. The molecule has 0 N–H and O–H groups in total. The molecule has 110 valence electrons. The van der Waals surface area contributed by atoms with Gasteiger partial charge in [-0.25, -0.2) is 4.98 Å². The fourth-order valence-electron chi connectivity index (χ4n) is 2.05. The van der Waals surface area contributed by atoms with Gasteiger partial charge in [0, 0.05) is 24.4 Å². The Kier molecular flexibility index (Phi) is 3.92. The Balaban J connectivity index is 1.69. The van der Waals surface area contributed by atoms with E-state index >= 15 is 0 Å². The molecule has 0 bridgehead atoms. The maximum absolute atomic E-state index is 5.58. The van der Waals surface area contributed by atoms with E-state index in [0.717, 1.165) is 29.2 Å². The molecule has 5 heteroatoms. The minimum atomic E-state index is 0.287. The molecule has 1 aliphatic heterocycles. The van der Waals surface area contributed by atoms with Crippen molar-refractivity contribution in [3.05, 3.63) is 36.5 Å². The molecule has 0 aliphatic carbocycles. The quantitative estimate of drug-likeness (QED) is 0.844. The number of aromatic nitrogens is 1. The van der Waals surface area contributed by atoms with Gasteiger partial charge in [0.2, 0.25) is 12.7 Å². The number of nitrogens with zero attached hydrogens (tertiary/aromatic N) is 2. The summed E-state index contributed by atoms with van der Waals surface area (Å²) in [5.41, 5.74) is 2.07. The minimum absolute atomic E-state index is 0.287. The van der Waals surface area contributed by atoms with Crippen molar-refractivity contribution in [3.63, 3.8) is 0 Å². The van der Waals surface area contributed by atoms with Crippen LogP contribution in [-0.2, 0) is 0 Å². The first-order valence-electron chi connectivity index (χ1n) is 6.86. The van der Waals surface area contributed by atoms with Gasteiger partial charge in [0.15, 0.2) is 11.5 Å². The standard InChI is InChI=1S/C16H18N2O3/c1-18(2)7-8-19-16-6-4-13(10-17-16)12-3-5-14-15(9-12)21-11-20-14/h3-6,9-10H,7-8,11H2,1-2H3. The average Bonchev–Trinajstić information content (AvgIpc) is 2.95. The Morgan fingerprint density at radius 2 is 1.90 bits per heavy atom. The highest BCUT2D eigenvalue weighted by Crippen LogP contribution is 2.35. The molecule has 0 radical (unpaired) electrons. The van der Waals surface area contributed by atoms with E-state index in [-0.39, 0.29) is 6.79 Å². The molecule has 0 saturated carbocycles. The van der Waals surface area contributed by atoms with Crippen LogP contribution < -0.4 is 14.2 Å². The van der Waals surface area contributed by atoms with Crippen LogP contribution in [0.5, 0.6) is 17.4 Å². The summed E-state index contributed by atoms with van der Waals surface area (Å²) in [6, 6.07) is 9.76. The lowest BCUT2D eigenvalue weighted by Crippen LogP contribution is -2.19. The highest BCUT2D eigenvalue weighted by molar-refractivity contribution is 5.67. The van der Waals surface area contributed by atoms with Crippen LogP contribution in [0, 0.1) is 0 Å². The smallest absolute Gasteiger partial charge is 0.231 e. The lowest BCUT2D eigenvalue weighted by molar-refractivity contribution is 0.174. The molecule has 2 aromatic rings. The van der Waals surface area contributed by atoms with Gasteiger partial charge in [-0.2, -0.15) is 0 Å². The van der Waals surface area contributed by atoms with Crippen LogP contribution >= 0.6 is 0 Å². The van der Waals surface area contributed by atoms with E-state index < -0.39 is 0 Å². The SMILES string of the molecule is CN(C)CCOc1ccc(-c2ccc3c(c2)OCO3)cn1. The van der Waals surface area contributed by atoms with Crippen molar-refractivity contribution >= 4 is 0 Å². The molecule has 0 unspecified atom stereocenters. The average molecular weight is 286 g/mol. The Labute approximate surface area is 124 Å². The van der Waals surface area contributed by atoms with E-state index in [1.807, 2.05) is 50.6 Å². The molecule has 0 spiro atoms. The Morgan fingerprint density at radius 1 is 1.10 bits per heavy atom. The first kappa shape index (κ1) is 13.7. The van der Waals surface area contributed by atoms with E-state index in [9.17, 15) is 0 Å². The molecule has 5 nitrogen and oxygen atoms in total. The highest BCUT2D eigenvalue weighted by Gasteiger charge is 2.13. The van der Waals surface area contributed by atoms with E-state index in [1.54, 1.807) is 0 Å². The van der Waals surface area contributed by atoms with Gasteiger partial charge in [0.25, 0.3) is 0 Å². The second-order valence-electron chi connectivity index (χ2n) is 5.10. The van der Waals surface area contributed by atoms with Crippen molar-refractivity contribution in [2.45, 2.75) is 0 Å². The van der Waals surface area contributed by atoms with Crippen LogP contribution in [0.4, 0.5) is 0 Å². The Hall–Kier alpha value is -2.27. The molecule has 1 aliphatic rings. The molecule has 3 rings (SSSR count). The summed E-state index contributed by atoms with van der Waals surface area (Å²) in [5, 5.41) is 0. The van der Waals surface area contributed by atoms with Gasteiger partial charge in [-0.1, -0.05) is 6.07 Å². The fraction of sp³-hybridized carbons (Fsp3) is 0.312. The summed E-state index contributed by atoms with van der Waals surface area (Å²) in [4.78, 5) is 6.40. The summed E-state index contributed by atoms with van der Waals surface area (Å²) in [7, 11) is 4.03. The Bertz CT molecular complexity index is 611. The molecule has 0 amide bonds. The number of fused-ring (bicyclic) bond motifs is 1. The van der Waals surface area contributed by atoms with Crippen LogP contribution in [0.3, 0.4) is 0 Å². The molecule has 1 aromatic carbocycles. The van der Waals surface area contributed by atoms with E-state index in [1.165, 1.54) is 0 Å². The fourth-order valence-corrected chi connectivity index (χ4v) is 2.05. The molecule has 2 heterocycles. The van der Waals surface area contributed by atoms with Crippen molar-refractivity contribution in [1.82, 2.24) is 9.88 Å². The summed E-state index contributed by atoms with van der Waals surface area (Å²) >= 11 is 0. The number of benzene rings is 1. The van der Waals surface area contributed by atoms with Crippen LogP contribution in [0.15, 0.2) is 36.5 Å². The molecule has 0 saturated heterocycles. The topological polar surface area (TPSA) is 43.8 Å². The van der Waals surface area contributed by atoms with Crippen LogP contribution in [0.1, 0.15) is 0 Å². The molecular formula is C16H18N2O3. The largest absolute Gasteiger partial charge is 0.476 e. The third-order valence-corrected chi connectivity index (χ3v) is 3.23. The van der Waals surface area contributed by atoms with Crippen LogP contribution in [-0.4, -0.2) is 43.9 Å². The van der Waals surface area contributed by atoms with Gasteiger partial charge >= 0.3 is 0 Å². The van der Waals surface area contributed by atoms with Gasteiger partial charge in [-0.15, -0.1) is 0 Å². The lowest BCUT2D eigenvalue weighted by atomic mass is 10.1.